The number of guanidine groups is 1. The Balaban J connectivity index is 0.00000243. The van der Waals surface area contributed by atoms with E-state index in [0.29, 0.717) is 6.79 Å². The Labute approximate surface area is 173 Å². The van der Waals surface area contributed by atoms with Crippen LogP contribution in [0.15, 0.2) is 23.2 Å². The molecule has 2 aliphatic rings. The van der Waals surface area contributed by atoms with E-state index in [9.17, 15) is 0 Å². The van der Waals surface area contributed by atoms with Crippen LogP contribution in [0.1, 0.15) is 31.7 Å². The quantitative estimate of drug-likeness (QED) is 0.263. The number of aliphatic imine (C=N–C) groups is 1. The highest BCUT2D eigenvalue weighted by atomic mass is 127. The number of benzene rings is 1. The van der Waals surface area contributed by atoms with Gasteiger partial charge in [-0.3, -0.25) is 4.99 Å². The van der Waals surface area contributed by atoms with Crippen LogP contribution in [0, 0.1) is 0 Å². The third-order valence-corrected chi connectivity index (χ3v) is 4.59. The van der Waals surface area contributed by atoms with Crippen LogP contribution in [-0.4, -0.2) is 56.9 Å². The molecule has 1 aromatic rings. The summed E-state index contributed by atoms with van der Waals surface area (Å²) >= 11 is 0. The van der Waals surface area contributed by atoms with Crippen molar-refractivity contribution in [1.29, 1.82) is 0 Å². The van der Waals surface area contributed by atoms with Crippen LogP contribution in [0.4, 0.5) is 0 Å². The minimum atomic E-state index is 0. The fourth-order valence-electron chi connectivity index (χ4n) is 3.25. The molecule has 1 saturated heterocycles. The topological polar surface area (TPSA) is 58.1 Å². The summed E-state index contributed by atoms with van der Waals surface area (Å²) in [6, 6.07) is 6.13. The second-order valence-corrected chi connectivity index (χ2v) is 6.53. The van der Waals surface area contributed by atoms with E-state index >= 15 is 0 Å². The summed E-state index contributed by atoms with van der Waals surface area (Å²) in [5.41, 5.74) is 1.24. The molecule has 146 valence electrons. The van der Waals surface area contributed by atoms with Crippen LogP contribution in [-0.2, 0) is 6.42 Å². The first kappa shape index (κ1) is 21.1. The van der Waals surface area contributed by atoms with Gasteiger partial charge in [0.1, 0.15) is 0 Å². The number of nitrogens with one attached hydrogen (secondary N) is 2. The third kappa shape index (κ3) is 6.50. The van der Waals surface area contributed by atoms with Crippen molar-refractivity contribution < 1.29 is 9.47 Å². The summed E-state index contributed by atoms with van der Waals surface area (Å²) in [5.74, 6) is 2.59. The molecule has 0 unspecified atom stereocenters. The molecule has 1 aromatic carbocycles. The van der Waals surface area contributed by atoms with Crippen LogP contribution in [0.3, 0.4) is 0 Å². The lowest BCUT2D eigenvalue weighted by Gasteiger charge is -2.14. The first-order valence-electron chi connectivity index (χ1n) is 9.48. The monoisotopic (exact) mass is 474 g/mol. The summed E-state index contributed by atoms with van der Waals surface area (Å²) in [7, 11) is 0. The molecule has 0 spiro atoms. The van der Waals surface area contributed by atoms with Crippen molar-refractivity contribution in [3.8, 4) is 11.5 Å². The summed E-state index contributed by atoms with van der Waals surface area (Å²) in [4.78, 5) is 7.22. The van der Waals surface area contributed by atoms with Gasteiger partial charge in [0.2, 0.25) is 6.79 Å². The first-order valence-corrected chi connectivity index (χ1v) is 9.48. The van der Waals surface area contributed by atoms with E-state index in [2.05, 4.69) is 39.6 Å². The molecular weight excluding hydrogens is 443 g/mol. The van der Waals surface area contributed by atoms with Gasteiger partial charge in [0.05, 0.1) is 0 Å². The SMILES string of the molecule is CCNC(=NCCCN1CCCC1)NCCc1ccc2c(c1)OCO2.I. The lowest BCUT2D eigenvalue weighted by Crippen LogP contribution is -2.38. The Kier molecular flexibility index (Phi) is 9.31. The summed E-state index contributed by atoms with van der Waals surface area (Å²) in [6.45, 7) is 8.70. The molecule has 2 N–H and O–H groups in total. The zero-order chi connectivity index (χ0) is 17.3. The van der Waals surface area contributed by atoms with Crippen molar-refractivity contribution in [3.05, 3.63) is 23.8 Å². The maximum absolute atomic E-state index is 5.43. The summed E-state index contributed by atoms with van der Waals surface area (Å²) < 4.78 is 10.8. The largest absolute Gasteiger partial charge is 0.454 e. The van der Waals surface area contributed by atoms with Crippen LogP contribution in [0.25, 0.3) is 0 Å². The van der Waals surface area contributed by atoms with Crippen LogP contribution >= 0.6 is 24.0 Å². The van der Waals surface area contributed by atoms with E-state index in [1.165, 1.54) is 38.0 Å². The van der Waals surface area contributed by atoms with Gasteiger partial charge >= 0.3 is 0 Å². The highest BCUT2D eigenvalue weighted by molar-refractivity contribution is 14.0. The van der Waals surface area contributed by atoms with Gasteiger partial charge in [-0.15, -0.1) is 24.0 Å². The fourth-order valence-corrected chi connectivity index (χ4v) is 3.25. The van der Waals surface area contributed by atoms with Gasteiger partial charge in [0.25, 0.3) is 0 Å². The fraction of sp³-hybridized carbons (Fsp3) is 0.632. The first-order chi connectivity index (χ1) is 12.3. The number of hydrogen-bond acceptors (Lipinski definition) is 4. The molecule has 0 atom stereocenters. The molecule has 1 fully saturated rings. The minimum Gasteiger partial charge on any atom is -0.454 e. The van der Waals surface area contributed by atoms with E-state index in [0.717, 1.165) is 49.9 Å². The van der Waals surface area contributed by atoms with Gasteiger partial charge in [0.15, 0.2) is 17.5 Å². The van der Waals surface area contributed by atoms with Crippen molar-refractivity contribution in [2.45, 2.75) is 32.6 Å². The number of rotatable bonds is 8. The maximum Gasteiger partial charge on any atom is 0.231 e. The summed E-state index contributed by atoms with van der Waals surface area (Å²) in [6.07, 6.45) is 4.76. The van der Waals surface area contributed by atoms with Crippen molar-refractivity contribution >= 4 is 29.9 Å². The Bertz CT molecular complexity index is 577. The standard InChI is InChI=1S/C19H30N4O2.HI/c1-2-20-19(21-9-5-13-23-11-3-4-12-23)22-10-8-16-6-7-17-18(14-16)25-15-24-17;/h6-7,14H,2-5,8-13,15H2,1H3,(H2,20,21,22);1H. The molecule has 7 heteroatoms. The van der Waals surface area contributed by atoms with Crippen LogP contribution < -0.4 is 20.1 Å². The second kappa shape index (κ2) is 11.5. The molecule has 2 aliphatic heterocycles. The minimum absolute atomic E-state index is 0. The van der Waals surface area contributed by atoms with E-state index in [4.69, 9.17) is 9.47 Å². The Morgan fingerprint density at radius 1 is 1.15 bits per heavy atom. The van der Waals surface area contributed by atoms with Crippen LogP contribution in [0.5, 0.6) is 11.5 Å². The van der Waals surface area contributed by atoms with Crippen molar-refractivity contribution in [2.75, 3.05) is 46.1 Å². The number of ether oxygens (including phenoxy) is 2. The highest BCUT2D eigenvalue weighted by Gasteiger charge is 2.13. The van der Waals surface area contributed by atoms with Gasteiger partial charge in [0, 0.05) is 19.6 Å². The Morgan fingerprint density at radius 3 is 2.77 bits per heavy atom. The zero-order valence-corrected chi connectivity index (χ0v) is 18.0. The normalized spacial score (nSPS) is 16.4. The van der Waals surface area contributed by atoms with Gasteiger partial charge < -0.3 is 25.0 Å². The lowest BCUT2D eigenvalue weighted by molar-refractivity contribution is 0.174. The molecule has 0 bridgehead atoms. The zero-order valence-electron chi connectivity index (χ0n) is 15.6. The van der Waals surface area contributed by atoms with Gasteiger partial charge in [-0.25, -0.2) is 0 Å². The average molecular weight is 474 g/mol. The average Bonchev–Trinajstić information content (AvgIpc) is 3.29. The van der Waals surface area contributed by atoms with E-state index < -0.39 is 0 Å². The number of halogens is 1. The molecular formula is C19H31IN4O2. The molecule has 26 heavy (non-hydrogen) atoms. The molecule has 6 nitrogen and oxygen atoms in total. The lowest BCUT2D eigenvalue weighted by atomic mass is 10.1. The molecule has 0 radical (unpaired) electrons. The van der Waals surface area contributed by atoms with E-state index in [1.54, 1.807) is 0 Å². The van der Waals surface area contributed by atoms with Gasteiger partial charge in [-0.1, -0.05) is 6.07 Å². The number of likely N-dealkylation sites (tertiary alicyclic amines) is 1. The summed E-state index contributed by atoms with van der Waals surface area (Å²) in [5, 5.41) is 6.74. The molecule has 0 aliphatic carbocycles. The van der Waals surface area contributed by atoms with Gasteiger partial charge in [-0.2, -0.15) is 0 Å². The maximum atomic E-state index is 5.43. The Morgan fingerprint density at radius 2 is 1.96 bits per heavy atom. The highest BCUT2D eigenvalue weighted by Crippen LogP contribution is 2.32. The Hall–Kier alpha value is -1.22. The van der Waals surface area contributed by atoms with Crippen molar-refractivity contribution in [3.63, 3.8) is 0 Å². The smallest absolute Gasteiger partial charge is 0.231 e. The molecule has 3 rings (SSSR count). The van der Waals surface area contributed by atoms with E-state index in [-0.39, 0.29) is 24.0 Å². The number of hydrogen-bond donors (Lipinski definition) is 2. The van der Waals surface area contributed by atoms with Gasteiger partial charge in [-0.05, 0) is 69.9 Å². The molecule has 2 heterocycles. The van der Waals surface area contributed by atoms with Crippen molar-refractivity contribution in [2.24, 2.45) is 4.99 Å². The molecule has 0 aromatic heterocycles. The molecule has 0 saturated carbocycles. The van der Waals surface area contributed by atoms with Crippen LogP contribution in [0.2, 0.25) is 0 Å². The third-order valence-electron chi connectivity index (χ3n) is 4.59. The van der Waals surface area contributed by atoms with Crippen molar-refractivity contribution in [1.82, 2.24) is 15.5 Å². The number of nitrogens with zero attached hydrogens (tertiary/aromatic N) is 2. The molecule has 0 amide bonds. The predicted octanol–water partition coefficient (Wildman–Crippen LogP) is 2.62. The second-order valence-electron chi connectivity index (χ2n) is 6.53. The predicted molar refractivity (Wildman–Crippen MR) is 116 cm³/mol. The number of fused-ring (bicyclic) bond motifs is 1. The van der Waals surface area contributed by atoms with E-state index in [1.807, 2.05) is 6.07 Å².